The van der Waals surface area contributed by atoms with E-state index in [9.17, 15) is 40.3 Å². The van der Waals surface area contributed by atoms with E-state index in [0.29, 0.717) is 0 Å². The average molecular weight is 506 g/mol. The van der Waals surface area contributed by atoms with Crippen LogP contribution in [0.1, 0.15) is 5.71 Å². The number of hydrogen-bond acceptors (Lipinski definition) is 12. The summed E-state index contributed by atoms with van der Waals surface area (Å²) < 4.78 is 31.1. The van der Waals surface area contributed by atoms with Crippen molar-refractivity contribution in [2.24, 2.45) is 0 Å². The molecule has 17 heteroatoms. The Morgan fingerprint density at radius 1 is 0.897 bits per heavy atom. The van der Waals surface area contributed by atoms with E-state index in [1.165, 1.54) is 0 Å². The maximum Gasteiger partial charge on any atom is 2.00 e. The summed E-state index contributed by atoms with van der Waals surface area (Å²) in [5.41, 5.74) is 0. The summed E-state index contributed by atoms with van der Waals surface area (Å²) in [6.45, 7) is -2.82. The number of aliphatic hydroxyl groups is 7. The van der Waals surface area contributed by atoms with Crippen LogP contribution in [-0.4, -0.2) is 196 Å². The maximum absolute atomic E-state index is 11.2. The first-order chi connectivity index (χ1) is 12.5. The van der Waals surface area contributed by atoms with Crippen molar-refractivity contribution in [3.63, 3.8) is 0 Å². The summed E-state index contributed by atoms with van der Waals surface area (Å²) in [5, 5.41) is 67.8. The van der Waals surface area contributed by atoms with Gasteiger partial charge in [0.05, 0.1) is 13.2 Å². The molecule has 0 aromatic carbocycles. The van der Waals surface area contributed by atoms with Crippen molar-refractivity contribution in [3.05, 3.63) is 0 Å². The molecule has 0 unspecified atom stereocenters. The van der Waals surface area contributed by atoms with E-state index in [-0.39, 0.29) is 81.2 Å². The number of phosphoric acid groups is 1. The van der Waals surface area contributed by atoms with Crippen LogP contribution < -0.4 is 0 Å². The van der Waals surface area contributed by atoms with E-state index in [4.69, 9.17) is 24.0 Å². The Morgan fingerprint density at radius 2 is 1.45 bits per heavy atom. The van der Waals surface area contributed by atoms with E-state index in [1.54, 1.807) is 0 Å². The topological polar surface area (TPSA) is 236 Å². The molecule has 0 amide bonds. The predicted molar refractivity (Wildman–Crippen MR) is 95.5 cm³/mol. The van der Waals surface area contributed by atoms with Gasteiger partial charge in [0.25, 0.3) is 0 Å². The molecule has 0 aliphatic carbocycles. The zero-order valence-corrected chi connectivity index (χ0v) is 20.5. The summed E-state index contributed by atoms with van der Waals surface area (Å²) in [5.74, 6) is -2.53. The molecule has 2 heterocycles. The molecule has 0 bridgehead atoms. The zero-order chi connectivity index (χ0) is 20.6. The van der Waals surface area contributed by atoms with Crippen molar-refractivity contribution >= 4 is 83.3 Å². The van der Waals surface area contributed by atoms with Gasteiger partial charge in [0, 0.05) is 0 Å². The van der Waals surface area contributed by atoms with Gasteiger partial charge in [-0.3, -0.25) is 4.52 Å². The van der Waals surface area contributed by atoms with Crippen LogP contribution in [0.4, 0.5) is 0 Å². The second-order valence-electron chi connectivity index (χ2n) is 6.13. The molecule has 9 N–H and O–H groups in total. The molecule has 0 aromatic rings. The molecule has 0 saturated carbocycles. The van der Waals surface area contributed by atoms with Crippen LogP contribution in [0, 0.1) is 0 Å². The fourth-order valence-electron chi connectivity index (χ4n) is 2.90. The van der Waals surface area contributed by atoms with Crippen LogP contribution in [0.25, 0.3) is 0 Å². The molecule has 0 spiro atoms. The maximum atomic E-state index is 11.2. The van der Waals surface area contributed by atoms with Gasteiger partial charge in [0.2, 0.25) is 5.79 Å². The van der Waals surface area contributed by atoms with Crippen LogP contribution in [-0.2, 0) is 23.3 Å². The first-order valence-corrected chi connectivity index (χ1v) is 9.32. The van der Waals surface area contributed by atoms with Gasteiger partial charge >= 0.3 is 83.3 Å². The molecule has 2 aliphatic heterocycles. The largest absolute Gasteiger partial charge is 2.00 e. The third-order valence-electron chi connectivity index (χ3n) is 4.29. The van der Waals surface area contributed by atoms with Crippen molar-refractivity contribution in [1.29, 1.82) is 0 Å². The van der Waals surface area contributed by atoms with Gasteiger partial charge in [0.1, 0.15) is 43.2 Å². The average Bonchev–Trinajstić information content (AvgIpc) is 2.86. The number of phosphoric ester groups is 1. The first-order valence-electron chi connectivity index (χ1n) is 7.79. The Bertz CT molecular complexity index is 568. The molecule has 9 atom stereocenters. The Kier molecular flexibility index (Phi) is 13.6. The van der Waals surface area contributed by atoms with Crippen molar-refractivity contribution in [2.45, 2.75) is 54.8 Å². The second-order valence-corrected chi connectivity index (χ2v) is 7.32. The Hall–Kier alpha value is 2.23. The summed E-state index contributed by atoms with van der Waals surface area (Å²) in [4.78, 5) is 18.1. The van der Waals surface area contributed by atoms with Gasteiger partial charge in [0.15, 0.2) is 12.4 Å². The summed E-state index contributed by atoms with van der Waals surface area (Å²) in [7, 11) is -5.24. The molecule has 0 aromatic heterocycles. The fourth-order valence-corrected chi connectivity index (χ4v) is 3.49. The molecule has 2 saturated heterocycles. The van der Waals surface area contributed by atoms with Crippen LogP contribution in [0.5, 0.6) is 0 Å². The van der Waals surface area contributed by atoms with E-state index >= 15 is 0 Å². The Morgan fingerprint density at radius 3 is 1.90 bits per heavy atom. The number of ether oxygens (including phenoxy) is 3. The number of rotatable bonds is 7. The van der Waals surface area contributed by atoms with Crippen molar-refractivity contribution in [1.82, 2.24) is 0 Å². The number of aliphatic hydroxyl groups excluding tert-OH is 7. The van der Waals surface area contributed by atoms with Gasteiger partial charge in [-0.2, -0.15) is 0 Å². The van der Waals surface area contributed by atoms with Gasteiger partial charge in [-0.25, -0.2) is 4.57 Å². The Labute approximate surface area is 230 Å². The zero-order valence-electron chi connectivity index (χ0n) is 19.2. The van der Waals surface area contributed by atoms with Crippen LogP contribution in [0.2, 0.25) is 0 Å². The van der Waals surface area contributed by atoms with Crippen molar-refractivity contribution in [2.75, 3.05) is 19.8 Å². The van der Waals surface area contributed by atoms with Gasteiger partial charge in [-0.05, 0) is 0 Å². The standard InChI is InChI=1S/C12H23O14P.2Ca.4H/c13-1-4-6(16)8(18)9(19)11(23-4)25-12(3-15)10(26-27(20,21)22)7(17)5(2-14)24-12;;;;;;/h4-11,13-19H,1-3H2,(H2,20,21,22);;;;;;/q;2*+2;4*-1/t4-,5-,6-,7-,8+,9-,10+,11-,12+;;;;;;/m1....../s1. The SMILES string of the molecule is O=P(O)(O)O[C@H]1[C@H](O)[C@@H](CO)O[C@@]1(CO)O[C@H]1O[C@H](CO)[C@@H](O)[C@H](O)[C@H]1O.[Ca+2].[Ca+2].[H-].[H-].[H-].[H-]. The quantitative estimate of drug-likeness (QED) is 0.116. The molecule has 2 aliphatic rings. The normalized spacial score (nSPS) is 42.8. The van der Waals surface area contributed by atoms with Crippen LogP contribution in [0.15, 0.2) is 0 Å². The van der Waals surface area contributed by atoms with E-state index in [2.05, 4.69) is 4.52 Å². The summed E-state index contributed by atoms with van der Waals surface area (Å²) in [6, 6.07) is 0. The smallest absolute Gasteiger partial charge is 1.00 e. The third kappa shape index (κ3) is 7.10. The molecule has 2 fully saturated rings. The van der Waals surface area contributed by atoms with Crippen molar-refractivity contribution in [3.8, 4) is 0 Å². The second kappa shape index (κ2) is 12.6. The molecule has 168 valence electrons. The van der Waals surface area contributed by atoms with Crippen LogP contribution >= 0.6 is 7.82 Å². The van der Waals surface area contributed by atoms with E-state index in [0.717, 1.165) is 0 Å². The first kappa shape index (κ1) is 31.2. The molecular formula is C12H27Ca2O14P. The summed E-state index contributed by atoms with van der Waals surface area (Å²) in [6.07, 6.45) is -14.1. The van der Waals surface area contributed by atoms with Crippen molar-refractivity contribution < 1.29 is 74.5 Å². The van der Waals surface area contributed by atoms with Gasteiger partial charge in [-0.15, -0.1) is 0 Å². The van der Waals surface area contributed by atoms with E-state index < -0.39 is 82.4 Å². The molecular weight excluding hydrogens is 479 g/mol. The fraction of sp³-hybridized carbons (Fsp3) is 1.00. The third-order valence-corrected chi connectivity index (χ3v) is 4.79. The molecule has 2 rings (SSSR count). The molecule has 14 nitrogen and oxygen atoms in total. The Balaban J connectivity index is -0.000000436. The summed E-state index contributed by atoms with van der Waals surface area (Å²) >= 11 is 0. The van der Waals surface area contributed by atoms with Gasteiger partial charge < -0.3 is 65.4 Å². The minimum absolute atomic E-state index is 0. The monoisotopic (exact) mass is 506 g/mol. The number of hydrogen-bond donors (Lipinski definition) is 9. The minimum atomic E-state index is -5.24. The predicted octanol–water partition coefficient (Wildman–Crippen LogP) is -5.59. The van der Waals surface area contributed by atoms with Crippen LogP contribution in [0.3, 0.4) is 0 Å². The van der Waals surface area contributed by atoms with E-state index in [1.807, 2.05) is 0 Å². The van der Waals surface area contributed by atoms with Gasteiger partial charge in [-0.1, -0.05) is 0 Å². The minimum Gasteiger partial charge on any atom is -1.00 e. The molecule has 0 radical (unpaired) electrons. The molecule has 29 heavy (non-hydrogen) atoms.